The summed E-state index contributed by atoms with van der Waals surface area (Å²) in [6.07, 6.45) is 0. The zero-order valence-corrected chi connectivity index (χ0v) is 12.0. The highest BCUT2D eigenvalue weighted by atomic mass is 35.5. The molecule has 0 unspecified atom stereocenters. The van der Waals surface area contributed by atoms with Gasteiger partial charge in [0.1, 0.15) is 5.69 Å². The maximum atomic E-state index is 10.9. The molecule has 0 atom stereocenters. The van der Waals surface area contributed by atoms with Gasteiger partial charge in [0.2, 0.25) is 0 Å². The van der Waals surface area contributed by atoms with Crippen LogP contribution in [0.15, 0.2) is 18.2 Å². The molecular formula is C12H12ClN3O2S. The number of nitro benzene ring substituents is 1. The second-order valence-corrected chi connectivity index (χ2v) is 5.74. The minimum Gasteiger partial charge on any atom is -0.374 e. The summed E-state index contributed by atoms with van der Waals surface area (Å²) < 4.78 is 0. The van der Waals surface area contributed by atoms with Crippen LogP contribution >= 0.6 is 22.9 Å². The second-order valence-electron chi connectivity index (χ2n) is 4.01. The Hall–Kier alpha value is -1.66. The molecule has 2 rings (SSSR count). The third-order valence-electron chi connectivity index (χ3n) is 2.59. The molecule has 0 fully saturated rings. The van der Waals surface area contributed by atoms with Crippen molar-refractivity contribution in [3.05, 3.63) is 48.9 Å². The van der Waals surface area contributed by atoms with Gasteiger partial charge in [-0.1, -0.05) is 11.6 Å². The Morgan fingerprint density at radius 1 is 1.47 bits per heavy atom. The molecule has 7 heteroatoms. The van der Waals surface area contributed by atoms with Crippen LogP contribution < -0.4 is 5.32 Å². The molecule has 0 saturated heterocycles. The summed E-state index contributed by atoms with van der Waals surface area (Å²) in [4.78, 5) is 15.9. The topological polar surface area (TPSA) is 68.1 Å². The van der Waals surface area contributed by atoms with E-state index in [4.69, 9.17) is 11.6 Å². The van der Waals surface area contributed by atoms with E-state index in [0.717, 1.165) is 15.6 Å². The first kappa shape index (κ1) is 13.8. The zero-order chi connectivity index (χ0) is 14.0. The number of halogens is 1. The van der Waals surface area contributed by atoms with Crippen molar-refractivity contribution >= 4 is 34.3 Å². The van der Waals surface area contributed by atoms with Crippen molar-refractivity contribution in [1.82, 2.24) is 4.98 Å². The smallest absolute Gasteiger partial charge is 0.292 e. The van der Waals surface area contributed by atoms with Crippen molar-refractivity contribution in [3.63, 3.8) is 0 Å². The van der Waals surface area contributed by atoms with E-state index in [1.165, 1.54) is 12.1 Å². The number of thiazole rings is 1. The van der Waals surface area contributed by atoms with E-state index in [1.807, 2.05) is 13.8 Å². The molecule has 0 amide bonds. The molecule has 0 aliphatic rings. The summed E-state index contributed by atoms with van der Waals surface area (Å²) >= 11 is 7.44. The molecule has 0 spiro atoms. The lowest BCUT2D eigenvalue weighted by Crippen LogP contribution is -2.02. The summed E-state index contributed by atoms with van der Waals surface area (Å²) in [6.45, 7) is 4.36. The monoisotopic (exact) mass is 297 g/mol. The molecule has 5 nitrogen and oxygen atoms in total. The summed E-state index contributed by atoms with van der Waals surface area (Å²) in [5.41, 5.74) is 1.38. The Labute approximate surface area is 119 Å². The molecule has 1 aromatic heterocycles. The van der Waals surface area contributed by atoms with Crippen LogP contribution in [0.5, 0.6) is 0 Å². The summed E-state index contributed by atoms with van der Waals surface area (Å²) in [7, 11) is 0. The Morgan fingerprint density at radius 3 is 2.79 bits per heavy atom. The molecule has 1 N–H and O–H groups in total. The van der Waals surface area contributed by atoms with Gasteiger partial charge in [-0.15, -0.1) is 11.3 Å². The lowest BCUT2D eigenvalue weighted by molar-refractivity contribution is -0.384. The number of aryl methyl sites for hydroxylation is 2. The Kier molecular flexibility index (Phi) is 4.01. The molecule has 0 aliphatic heterocycles. The minimum atomic E-state index is -0.427. The van der Waals surface area contributed by atoms with Crippen LogP contribution in [0.2, 0.25) is 5.02 Å². The van der Waals surface area contributed by atoms with E-state index >= 15 is 0 Å². The van der Waals surface area contributed by atoms with Gasteiger partial charge in [0.05, 0.1) is 22.2 Å². The van der Waals surface area contributed by atoms with E-state index in [2.05, 4.69) is 10.3 Å². The van der Waals surface area contributed by atoms with E-state index in [9.17, 15) is 10.1 Å². The summed E-state index contributed by atoms with van der Waals surface area (Å²) in [5, 5.41) is 15.4. The van der Waals surface area contributed by atoms with Gasteiger partial charge in [-0.3, -0.25) is 10.1 Å². The fourth-order valence-corrected chi connectivity index (χ4v) is 2.77. The highest BCUT2D eigenvalue weighted by Crippen LogP contribution is 2.29. The van der Waals surface area contributed by atoms with Gasteiger partial charge in [0, 0.05) is 16.0 Å². The van der Waals surface area contributed by atoms with Crippen LogP contribution in [0.3, 0.4) is 0 Å². The number of hydrogen-bond donors (Lipinski definition) is 1. The van der Waals surface area contributed by atoms with Gasteiger partial charge < -0.3 is 5.32 Å². The number of rotatable bonds is 4. The maximum Gasteiger partial charge on any atom is 0.292 e. The van der Waals surface area contributed by atoms with Crippen molar-refractivity contribution in [3.8, 4) is 0 Å². The van der Waals surface area contributed by atoms with Crippen LogP contribution in [-0.4, -0.2) is 9.91 Å². The molecule has 0 radical (unpaired) electrons. The molecule has 0 aliphatic carbocycles. The number of nitro groups is 1. The number of anilines is 1. The van der Waals surface area contributed by atoms with Crippen molar-refractivity contribution in [2.45, 2.75) is 20.4 Å². The lowest BCUT2D eigenvalue weighted by Gasteiger charge is -2.06. The third kappa shape index (κ3) is 3.21. The van der Waals surface area contributed by atoms with Gasteiger partial charge in [-0.2, -0.15) is 0 Å². The maximum absolute atomic E-state index is 10.9. The second kappa shape index (κ2) is 5.54. The van der Waals surface area contributed by atoms with E-state index in [1.54, 1.807) is 17.4 Å². The molecule has 1 heterocycles. The SMILES string of the molecule is Cc1nc(C)c(CNc2cc(Cl)ccc2[N+](=O)[O-])s1. The molecule has 1 aromatic carbocycles. The lowest BCUT2D eigenvalue weighted by atomic mass is 10.2. The molecule has 100 valence electrons. The third-order valence-corrected chi connectivity index (χ3v) is 3.90. The van der Waals surface area contributed by atoms with Crippen LogP contribution in [-0.2, 0) is 6.54 Å². The number of hydrogen-bond acceptors (Lipinski definition) is 5. The molecule has 0 bridgehead atoms. The summed E-state index contributed by atoms with van der Waals surface area (Å²) in [6, 6.07) is 4.46. The Bertz CT molecular complexity index is 627. The molecule has 19 heavy (non-hydrogen) atoms. The van der Waals surface area contributed by atoms with E-state index in [0.29, 0.717) is 17.3 Å². The minimum absolute atomic E-state index is 0.0169. The van der Waals surface area contributed by atoms with Gasteiger partial charge >= 0.3 is 0 Å². The number of nitrogens with one attached hydrogen (secondary N) is 1. The van der Waals surface area contributed by atoms with Crippen molar-refractivity contribution in [1.29, 1.82) is 0 Å². The highest BCUT2D eigenvalue weighted by molar-refractivity contribution is 7.11. The molecular weight excluding hydrogens is 286 g/mol. The zero-order valence-electron chi connectivity index (χ0n) is 10.4. The molecule has 0 saturated carbocycles. The van der Waals surface area contributed by atoms with Gasteiger partial charge in [0.25, 0.3) is 5.69 Å². The average molecular weight is 298 g/mol. The van der Waals surface area contributed by atoms with Gasteiger partial charge in [-0.05, 0) is 26.0 Å². The van der Waals surface area contributed by atoms with Crippen LogP contribution in [0, 0.1) is 24.0 Å². The normalized spacial score (nSPS) is 10.5. The van der Waals surface area contributed by atoms with Crippen molar-refractivity contribution in [2.24, 2.45) is 0 Å². The number of benzene rings is 1. The first-order valence-corrected chi connectivity index (χ1v) is 6.77. The Morgan fingerprint density at radius 2 is 2.21 bits per heavy atom. The molecule has 2 aromatic rings. The van der Waals surface area contributed by atoms with Gasteiger partial charge in [0.15, 0.2) is 0 Å². The highest BCUT2D eigenvalue weighted by Gasteiger charge is 2.14. The number of aromatic nitrogens is 1. The summed E-state index contributed by atoms with van der Waals surface area (Å²) in [5.74, 6) is 0. The van der Waals surface area contributed by atoms with E-state index in [-0.39, 0.29) is 5.69 Å². The first-order valence-electron chi connectivity index (χ1n) is 5.58. The quantitative estimate of drug-likeness (QED) is 0.685. The average Bonchev–Trinajstić information content (AvgIpc) is 2.65. The fraction of sp³-hybridized carbons (Fsp3) is 0.250. The van der Waals surface area contributed by atoms with Crippen LogP contribution in [0.25, 0.3) is 0 Å². The number of nitrogens with zero attached hydrogens (tertiary/aromatic N) is 2. The standard InChI is InChI=1S/C12H12ClN3O2S/c1-7-12(19-8(2)15-7)6-14-10-5-9(13)3-4-11(10)16(17)18/h3-5,14H,6H2,1-2H3. The van der Waals surface area contributed by atoms with Crippen LogP contribution in [0.4, 0.5) is 11.4 Å². The van der Waals surface area contributed by atoms with Crippen molar-refractivity contribution < 1.29 is 4.92 Å². The van der Waals surface area contributed by atoms with Crippen LogP contribution in [0.1, 0.15) is 15.6 Å². The van der Waals surface area contributed by atoms with Crippen molar-refractivity contribution in [2.75, 3.05) is 5.32 Å². The predicted molar refractivity (Wildman–Crippen MR) is 77.0 cm³/mol. The predicted octanol–water partition coefficient (Wildman–Crippen LogP) is 3.93. The first-order chi connectivity index (χ1) is 8.97. The fourth-order valence-electron chi connectivity index (χ4n) is 1.72. The largest absolute Gasteiger partial charge is 0.374 e. The van der Waals surface area contributed by atoms with E-state index < -0.39 is 4.92 Å². The van der Waals surface area contributed by atoms with Gasteiger partial charge in [-0.25, -0.2) is 4.98 Å². The Balaban J connectivity index is 2.21.